The number of rotatable bonds is 6. The van der Waals surface area contributed by atoms with E-state index in [2.05, 4.69) is 10.2 Å². The zero-order valence-corrected chi connectivity index (χ0v) is 14.8. The second kappa shape index (κ2) is 8.19. The number of hydrogen-bond acceptors (Lipinski definition) is 4. The molecule has 4 N–H and O–H groups in total. The summed E-state index contributed by atoms with van der Waals surface area (Å²) in [7, 11) is 0. The van der Waals surface area contributed by atoms with Crippen LogP contribution >= 0.6 is 0 Å². The largest absolute Gasteiger partial charge is 0.507 e. The zero-order chi connectivity index (χ0) is 18.5. The monoisotopic (exact) mass is 355 g/mol. The van der Waals surface area contributed by atoms with Crippen LogP contribution in [0.25, 0.3) is 10.8 Å². The molecule has 1 saturated heterocycles. The Kier molecular flexibility index (Phi) is 5.73. The number of aromatic hydroxyl groups is 1. The van der Waals surface area contributed by atoms with E-state index in [4.69, 9.17) is 5.73 Å². The van der Waals surface area contributed by atoms with E-state index < -0.39 is 0 Å². The van der Waals surface area contributed by atoms with Gasteiger partial charge in [0.1, 0.15) is 5.75 Å². The first kappa shape index (κ1) is 18.2. The molecule has 3 rings (SSSR count). The molecule has 0 bridgehead atoms. The highest BCUT2D eigenvalue weighted by molar-refractivity contribution is 6.01. The van der Waals surface area contributed by atoms with Gasteiger partial charge in [-0.2, -0.15) is 0 Å². The molecule has 1 heterocycles. The van der Waals surface area contributed by atoms with Crippen molar-refractivity contribution in [1.82, 2.24) is 10.2 Å². The number of carbonyl (C=O) groups is 2. The smallest absolute Gasteiger partial charge is 0.255 e. The van der Waals surface area contributed by atoms with E-state index in [1.165, 1.54) is 0 Å². The Morgan fingerprint density at radius 3 is 2.69 bits per heavy atom. The quantitative estimate of drug-likeness (QED) is 0.689. The van der Waals surface area contributed by atoms with Gasteiger partial charge in [0.2, 0.25) is 5.91 Å². The van der Waals surface area contributed by atoms with Gasteiger partial charge in [-0.3, -0.25) is 9.59 Å². The minimum atomic E-state index is -0.276. The van der Waals surface area contributed by atoms with Crippen LogP contribution in [0, 0.1) is 5.92 Å². The topological polar surface area (TPSA) is 95.7 Å². The van der Waals surface area contributed by atoms with E-state index in [-0.39, 0.29) is 29.0 Å². The van der Waals surface area contributed by atoms with Gasteiger partial charge in [0, 0.05) is 13.1 Å². The minimum Gasteiger partial charge on any atom is -0.507 e. The standard InChI is InChI=1S/C20H25N3O3/c21-19(25)16-7-3-9-23(13-16)10-4-8-22-20(26)17-11-14-5-1-2-6-15(14)12-18(17)24/h1-2,5-6,11-12,16,24H,3-4,7-10,13H2,(H2,21,25)(H,22,26). The normalized spacial score (nSPS) is 17.9. The van der Waals surface area contributed by atoms with Gasteiger partial charge in [0.05, 0.1) is 11.5 Å². The second-order valence-corrected chi connectivity index (χ2v) is 6.87. The Morgan fingerprint density at radius 1 is 1.23 bits per heavy atom. The van der Waals surface area contributed by atoms with E-state index in [0.717, 1.165) is 43.1 Å². The fourth-order valence-electron chi connectivity index (χ4n) is 3.50. The third kappa shape index (κ3) is 4.32. The van der Waals surface area contributed by atoms with Crippen molar-refractivity contribution in [2.75, 3.05) is 26.2 Å². The van der Waals surface area contributed by atoms with Gasteiger partial charge < -0.3 is 21.1 Å². The number of benzene rings is 2. The van der Waals surface area contributed by atoms with Crippen LogP contribution in [0.15, 0.2) is 36.4 Å². The summed E-state index contributed by atoms with van der Waals surface area (Å²) in [4.78, 5) is 25.9. The maximum absolute atomic E-state index is 12.4. The van der Waals surface area contributed by atoms with Gasteiger partial charge in [0.15, 0.2) is 0 Å². The summed E-state index contributed by atoms with van der Waals surface area (Å²) in [6, 6.07) is 10.9. The number of carbonyl (C=O) groups excluding carboxylic acids is 2. The molecule has 0 aromatic heterocycles. The van der Waals surface area contributed by atoms with Crippen molar-refractivity contribution in [3.05, 3.63) is 42.0 Å². The predicted molar refractivity (Wildman–Crippen MR) is 101 cm³/mol. The zero-order valence-electron chi connectivity index (χ0n) is 14.8. The number of phenols is 1. The number of amides is 2. The minimum absolute atomic E-state index is 0.0125. The van der Waals surface area contributed by atoms with Crippen LogP contribution in [0.1, 0.15) is 29.6 Å². The Morgan fingerprint density at radius 2 is 1.96 bits per heavy atom. The summed E-state index contributed by atoms with van der Waals surface area (Å²) in [6.45, 7) is 2.99. The van der Waals surface area contributed by atoms with Crippen LogP contribution < -0.4 is 11.1 Å². The number of nitrogens with two attached hydrogens (primary N) is 1. The van der Waals surface area contributed by atoms with Crippen molar-refractivity contribution < 1.29 is 14.7 Å². The van der Waals surface area contributed by atoms with Crippen LogP contribution in [0.4, 0.5) is 0 Å². The van der Waals surface area contributed by atoms with Gasteiger partial charge in [0.25, 0.3) is 5.91 Å². The fraction of sp³-hybridized carbons (Fsp3) is 0.400. The molecule has 1 unspecified atom stereocenters. The SMILES string of the molecule is NC(=O)C1CCCN(CCCNC(=O)c2cc3ccccc3cc2O)C1. The number of nitrogens with zero attached hydrogens (tertiary/aromatic N) is 1. The summed E-state index contributed by atoms with van der Waals surface area (Å²) < 4.78 is 0. The number of hydrogen-bond donors (Lipinski definition) is 3. The Balaban J connectivity index is 1.50. The van der Waals surface area contributed by atoms with Crippen LogP contribution in [0.5, 0.6) is 5.75 Å². The molecule has 6 heteroatoms. The molecule has 2 amide bonds. The van der Waals surface area contributed by atoms with Crippen molar-refractivity contribution in [3.63, 3.8) is 0 Å². The summed E-state index contributed by atoms with van der Waals surface area (Å²) in [5.74, 6) is -0.578. The lowest BCUT2D eigenvalue weighted by atomic mass is 9.97. The van der Waals surface area contributed by atoms with Crippen molar-refractivity contribution in [1.29, 1.82) is 0 Å². The van der Waals surface area contributed by atoms with E-state index in [1.807, 2.05) is 24.3 Å². The number of likely N-dealkylation sites (tertiary alicyclic amines) is 1. The molecule has 0 spiro atoms. The van der Waals surface area contributed by atoms with Crippen molar-refractivity contribution in [2.24, 2.45) is 11.7 Å². The van der Waals surface area contributed by atoms with Gasteiger partial charge in [-0.25, -0.2) is 0 Å². The average Bonchev–Trinajstić information content (AvgIpc) is 2.64. The molecular formula is C20H25N3O3. The summed E-state index contributed by atoms with van der Waals surface area (Å²) in [6.07, 6.45) is 2.63. The highest BCUT2D eigenvalue weighted by Gasteiger charge is 2.23. The second-order valence-electron chi connectivity index (χ2n) is 6.87. The van der Waals surface area contributed by atoms with E-state index in [9.17, 15) is 14.7 Å². The Bertz CT molecular complexity index is 806. The number of fused-ring (bicyclic) bond motifs is 1. The number of primary amides is 1. The molecule has 1 fully saturated rings. The van der Waals surface area contributed by atoms with E-state index >= 15 is 0 Å². The number of phenolic OH excluding ortho intramolecular Hbond substituents is 1. The van der Waals surface area contributed by atoms with Gasteiger partial charge in [-0.05, 0) is 55.3 Å². The lowest BCUT2D eigenvalue weighted by Gasteiger charge is -2.31. The van der Waals surface area contributed by atoms with Crippen LogP contribution in [-0.4, -0.2) is 48.0 Å². The Labute approximate surface area is 153 Å². The molecule has 0 radical (unpaired) electrons. The molecule has 2 aromatic rings. The first-order valence-corrected chi connectivity index (χ1v) is 9.06. The molecule has 6 nitrogen and oxygen atoms in total. The van der Waals surface area contributed by atoms with Gasteiger partial charge >= 0.3 is 0 Å². The molecular weight excluding hydrogens is 330 g/mol. The summed E-state index contributed by atoms with van der Waals surface area (Å²) in [5.41, 5.74) is 5.68. The fourth-order valence-corrected chi connectivity index (χ4v) is 3.50. The third-order valence-electron chi connectivity index (χ3n) is 4.95. The number of nitrogens with one attached hydrogen (secondary N) is 1. The van der Waals surface area contributed by atoms with Gasteiger partial charge in [-0.15, -0.1) is 0 Å². The van der Waals surface area contributed by atoms with Crippen molar-refractivity contribution >= 4 is 22.6 Å². The summed E-state index contributed by atoms with van der Waals surface area (Å²) >= 11 is 0. The molecule has 0 saturated carbocycles. The van der Waals surface area contributed by atoms with Gasteiger partial charge in [-0.1, -0.05) is 24.3 Å². The Hall–Kier alpha value is -2.60. The molecule has 26 heavy (non-hydrogen) atoms. The molecule has 138 valence electrons. The average molecular weight is 355 g/mol. The van der Waals surface area contributed by atoms with Crippen molar-refractivity contribution in [2.45, 2.75) is 19.3 Å². The molecule has 2 aromatic carbocycles. The van der Waals surface area contributed by atoms with Crippen LogP contribution in [0.2, 0.25) is 0 Å². The van der Waals surface area contributed by atoms with Crippen LogP contribution in [-0.2, 0) is 4.79 Å². The van der Waals surface area contributed by atoms with Crippen molar-refractivity contribution in [3.8, 4) is 5.75 Å². The maximum atomic E-state index is 12.4. The third-order valence-corrected chi connectivity index (χ3v) is 4.95. The molecule has 1 aliphatic heterocycles. The number of piperidine rings is 1. The lowest BCUT2D eigenvalue weighted by molar-refractivity contribution is -0.123. The van der Waals surface area contributed by atoms with E-state index in [1.54, 1.807) is 12.1 Å². The summed E-state index contributed by atoms with van der Waals surface area (Å²) in [5, 5.41) is 14.8. The molecule has 0 aliphatic carbocycles. The highest BCUT2D eigenvalue weighted by atomic mass is 16.3. The predicted octanol–water partition coefficient (Wildman–Crippen LogP) is 1.86. The molecule has 1 atom stereocenters. The maximum Gasteiger partial charge on any atom is 0.255 e. The lowest BCUT2D eigenvalue weighted by Crippen LogP contribution is -2.42. The molecule has 1 aliphatic rings. The first-order valence-electron chi connectivity index (χ1n) is 9.06. The highest BCUT2D eigenvalue weighted by Crippen LogP contribution is 2.24. The van der Waals surface area contributed by atoms with E-state index in [0.29, 0.717) is 13.1 Å². The van der Waals surface area contributed by atoms with Crippen LogP contribution in [0.3, 0.4) is 0 Å². The first-order chi connectivity index (χ1) is 12.5.